The molecule has 23 heavy (non-hydrogen) atoms. The second-order valence-corrected chi connectivity index (χ2v) is 13.0. The van der Waals surface area contributed by atoms with Gasteiger partial charge in [0.25, 0.3) is 0 Å². The van der Waals surface area contributed by atoms with Crippen LogP contribution < -0.4 is 4.43 Å². The lowest BCUT2D eigenvalue weighted by Crippen LogP contribution is -2.43. The van der Waals surface area contributed by atoms with Crippen LogP contribution in [-0.4, -0.2) is 19.0 Å². The van der Waals surface area contributed by atoms with Gasteiger partial charge in [0, 0.05) is 5.56 Å². The molecule has 0 spiro atoms. The van der Waals surface area contributed by atoms with E-state index in [0.29, 0.717) is 0 Å². The maximum Gasteiger partial charge on any atom is 0.250 e. The van der Waals surface area contributed by atoms with E-state index in [0.717, 1.165) is 37.0 Å². The van der Waals surface area contributed by atoms with Gasteiger partial charge in [0.15, 0.2) is 0 Å². The first-order valence-electron chi connectivity index (χ1n) is 8.66. The van der Waals surface area contributed by atoms with Crippen molar-refractivity contribution in [3.05, 3.63) is 29.8 Å². The highest BCUT2D eigenvalue weighted by molar-refractivity contribution is 6.74. The predicted molar refractivity (Wildman–Crippen MR) is 99.2 cm³/mol. The number of hydrogen-bond donors (Lipinski definition) is 1. The van der Waals surface area contributed by atoms with Crippen molar-refractivity contribution >= 4 is 8.32 Å². The Balaban J connectivity index is 2.15. The van der Waals surface area contributed by atoms with Crippen molar-refractivity contribution in [3.8, 4) is 17.6 Å². The normalized spacial score (nSPS) is 18.0. The predicted octanol–water partition coefficient (Wildman–Crippen LogP) is 5.12. The monoisotopic (exact) mass is 330 g/mol. The van der Waals surface area contributed by atoms with Crippen LogP contribution in [0.25, 0.3) is 0 Å². The molecule has 1 N–H and O–H groups in total. The summed E-state index contributed by atoms with van der Waals surface area (Å²) in [4.78, 5) is 0. The molecule has 0 heterocycles. The molecule has 1 aliphatic rings. The fourth-order valence-corrected chi connectivity index (χ4v) is 3.56. The Morgan fingerprint density at radius 1 is 1.13 bits per heavy atom. The highest BCUT2D eigenvalue weighted by atomic mass is 28.4. The molecule has 1 fully saturated rings. The smallest absolute Gasteiger partial charge is 0.250 e. The third-order valence-electron chi connectivity index (χ3n) is 5.13. The quantitative estimate of drug-likeness (QED) is 0.602. The maximum atomic E-state index is 10.5. The van der Waals surface area contributed by atoms with E-state index < -0.39 is 13.9 Å². The largest absolute Gasteiger partial charge is 0.543 e. The lowest BCUT2D eigenvalue weighted by molar-refractivity contribution is 0.0610. The van der Waals surface area contributed by atoms with Crippen LogP contribution in [0.3, 0.4) is 0 Å². The van der Waals surface area contributed by atoms with Gasteiger partial charge >= 0.3 is 0 Å². The second kappa shape index (κ2) is 6.71. The zero-order chi connectivity index (χ0) is 17.1. The topological polar surface area (TPSA) is 29.5 Å². The van der Waals surface area contributed by atoms with Crippen molar-refractivity contribution in [2.75, 3.05) is 0 Å². The molecule has 2 nitrogen and oxygen atoms in total. The van der Waals surface area contributed by atoms with Crippen molar-refractivity contribution < 1.29 is 9.53 Å². The van der Waals surface area contributed by atoms with Crippen LogP contribution in [0.1, 0.15) is 58.4 Å². The minimum atomic E-state index is -1.84. The van der Waals surface area contributed by atoms with Gasteiger partial charge in [-0.2, -0.15) is 0 Å². The van der Waals surface area contributed by atoms with Gasteiger partial charge in [-0.15, -0.1) is 0 Å². The van der Waals surface area contributed by atoms with Crippen molar-refractivity contribution in [2.24, 2.45) is 0 Å². The molecule has 0 radical (unpaired) electrons. The van der Waals surface area contributed by atoms with Gasteiger partial charge in [-0.25, -0.2) is 0 Å². The molecular weight excluding hydrogens is 300 g/mol. The Hall–Kier alpha value is -1.24. The molecule has 2 rings (SSSR count). The van der Waals surface area contributed by atoms with E-state index in [1.54, 1.807) is 0 Å². The van der Waals surface area contributed by atoms with E-state index in [-0.39, 0.29) is 5.04 Å². The SMILES string of the molecule is CC(C)(C)[Si](C)(C)Oc1cccc(C#CC2(O)CCCCC2)c1. The lowest BCUT2D eigenvalue weighted by Gasteiger charge is -2.36. The summed E-state index contributed by atoms with van der Waals surface area (Å²) in [6, 6.07) is 7.97. The summed E-state index contributed by atoms with van der Waals surface area (Å²) in [5.74, 6) is 7.14. The highest BCUT2D eigenvalue weighted by Crippen LogP contribution is 2.37. The van der Waals surface area contributed by atoms with Crippen LogP contribution >= 0.6 is 0 Å². The molecule has 3 heteroatoms. The van der Waals surface area contributed by atoms with Crippen LogP contribution in [0.15, 0.2) is 24.3 Å². The fourth-order valence-electron chi connectivity index (χ4n) is 2.54. The van der Waals surface area contributed by atoms with Crippen molar-refractivity contribution in [1.29, 1.82) is 0 Å². The molecule has 0 atom stereocenters. The van der Waals surface area contributed by atoms with Gasteiger partial charge < -0.3 is 9.53 Å². The van der Waals surface area contributed by atoms with Gasteiger partial charge in [-0.1, -0.05) is 45.1 Å². The maximum absolute atomic E-state index is 10.5. The molecule has 0 saturated heterocycles. The summed E-state index contributed by atoms with van der Waals surface area (Å²) in [5, 5.41) is 10.7. The molecule has 0 aliphatic heterocycles. The summed E-state index contributed by atoms with van der Waals surface area (Å²) >= 11 is 0. The first-order chi connectivity index (χ1) is 10.6. The highest BCUT2D eigenvalue weighted by Gasteiger charge is 2.38. The summed E-state index contributed by atoms with van der Waals surface area (Å²) in [6.45, 7) is 11.2. The zero-order valence-electron chi connectivity index (χ0n) is 15.2. The van der Waals surface area contributed by atoms with Crippen LogP contribution in [-0.2, 0) is 0 Å². The van der Waals surface area contributed by atoms with E-state index in [1.165, 1.54) is 6.42 Å². The average molecular weight is 331 g/mol. The number of rotatable bonds is 2. The molecule has 0 amide bonds. The fraction of sp³-hybridized carbons (Fsp3) is 0.600. The first kappa shape index (κ1) is 18.1. The van der Waals surface area contributed by atoms with Crippen LogP contribution in [0.5, 0.6) is 5.75 Å². The summed E-state index contributed by atoms with van der Waals surface area (Å²) in [5.41, 5.74) is 0.120. The summed E-state index contributed by atoms with van der Waals surface area (Å²) in [6.07, 6.45) is 4.93. The molecule has 1 aliphatic carbocycles. The van der Waals surface area contributed by atoms with Gasteiger partial charge in [-0.05, 0) is 62.0 Å². The Kier molecular flexibility index (Phi) is 5.28. The second-order valence-electron chi connectivity index (χ2n) is 8.23. The molecule has 126 valence electrons. The molecule has 0 aromatic heterocycles. The minimum absolute atomic E-state index is 0.173. The number of benzene rings is 1. The zero-order valence-corrected chi connectivity index (χ0v) is 16.2. The molecular formula is C20H30O2Si. The standard InChI is InChI=1S/C20H30O2Si/c1-19(2,3)23(4,5)22-18-11-9-10-17(16-18)12-15-20(21)13-7-6-8-14-20/h9-11,16,21H,6-8,13-14H2,1-5H3. The van der Waals surface area contributed by atoms with Crippen molar-refractivity contribution in [1.82, 2.24) is 0 Å². The molecule has 1 saturated carbocycles. The molecule has 1 aromatic rings. The average Bonchev–Trinajstić information content (AvgIpc) is 2.45. The summed E-state index contributed by atoms with van der Waals surface area (Å²) < 4.78 is 6.33. The molecule has 1 aromatic carbocycles. The van der Waals surface area contributed by atoms with Gasteiger partial charge in [-0.3, -0.25) is 0 Å². The Morgan fingerprint density at radius 2 is 1.78 bits per heavy atom. The van der Waals surface area contributed by atoms with Crippen LogP contribution in [0, 0.1) is 11.8 Å². The van der Waals surface area contributed by atoms with Gasteiger partial charge in [0.1, 0.15) is 11.4 Å². The first-order valence-corrected chi connectivity index (χ1v) is 11.6. The molecule has 0 unspecified atom stereocenters. The lowest BCUT2D eigenvalue weighted by atomic mass is 9.85. The van der Waals surface area contributed by atoms with E-state index >= 15 is 0 Å². The Bertz CT molecular complexity index is 596. The van der Waals surface area contributed by atoms with E-state index in [9.17, 15) is 5.11 Å². The molecule has 0 bridgehead atoms. The van der Waals surface area contributed by atoms with Crippen LogP contribution in [0.2, 0.25) is 18.1 Å². The Morgan fingerprint density at radius 3 is 2.39 bits per heavy atom. The van der Waals surface area contributed by atoms with E-state index in [2.05, 4.69) is 45.7 Å². The summed E-state index contributed by atoms with van der Waals surface area (Å²) in [7, 11) is -1.84. The Labute approximate surface area is 142 Å². The van der Waals surface area contributed by atoms with E-state index in [1.807, 2.05) is 24.3 Å². The van der Waals surface area contributed by atoms with Gasteiger partial charge in [0.05, 0.1) is 0 Å². The third-order valence-corrected chi connectivity index (χ3v) is 9.49. The number of hydrogen-bond acceptors (Lipinski definition) is 2. The van der Waals surface area contributed by atoms with E-state index in [4.69, 9.17) is 4.43 Å². The van der Waals surface area contributed by atoms with Crippen molar-refractivity contribution in [3.63, 3.8) is 0 Å². The minimum Gasteiger partial charge on any atom is -0.543 e. The van der Waals surface area contributed by atoms with Crippen molar-refractivity contribution in [2.45, 2.75) is 76.6 Å². The van der Waals surface area contributed by atoms with Gasteiger partial charge in [0.2, 0.25) is 8.32 Å². The number of aliphatic hydroxyl groups is 1. The third kappa shape index (κ3) is 4.86. The van der Waals surface area contributed by atoms with Crippen LogP contribution in [0.4, 0.5) is 0 Å².